The number of aromatic nitrogens is 5. The van der Waals surface area contributed by atoms with E-state index >= 15 is 0 Å². The lowest BCUT2D eigenvalue weighted by Gasteiger charge is -2.24. The zero-order chi connectivity index (χ0) is 22.8. The van der Waals surface area contributed by atoms with Gasteiger partial charge in [0.05, 0.1) is 24.7 Å². The molecule has 3 aromatic heterocycles. The Kier molecular flexibility index (Phi) is 5.86. The van der Waals surface area contributed by atoms with Gasteiger partial charge in [0.1, 0.15) is 5.56 Å². The van der Waals surface area contributed by atoms with Crippen LogP contribution >= 0.6 is 0 Å². The molecule has 12 nitrogen and oxygen atoms in total. The smallest absolute Gasteiger partial charge is 0.420 e. The first-order valence-electron chi connectivity index (χ1n) is 10.2. The van der Waals surface area contributed by atoms with Crippen LogP contribution in [-0.2, 0) is 0 Å². The number of hydrogen-bond acceptors (Lipinski definition) is 9. The standard InChI is InChI=1S/C20H24N8O4/c1-11-9-27-10-15(24-12(2)16(27)23-11)28(20(30)31)18(29)14-8-22-19(26-17(14)32-3)25-13-4-6-21-7-5-13/h8-10,13,21H,4-7H2,1-3H3,(H,30,31)(H,22,25,26). The second-order valence-electron chi connectivity index (χ2n) is 7.51. The molecule has 1 aliphatic rings. The summed E-state index contributed by atoms with van der Waals surface area (Å²) >= 11 is 0. The predicted octanol–water partition coefficient (Wildman–Crippen LogP) is 1.63. The molecule has 1 fully saturated rings. The van der Waals surface area contributed by atoms with E-state index in [0.717, 1.165) is 31.6 Å². The molecule has 1 saturated heterocycles. The van der Waals surface area contributed by atoms with Gasteiger partial charge in [0, 0.05) is 18.4 Å². The molecule has 4 rings (SSSR count). The van der Waals surface area contributed by atoms with E-state index in [2.05, 4.69) is 30.6 Å². The molecule has 0 saturated carbocycles. The normalized spacial score (nSPS) is 14.3. The number of imide groups is 1. The van der Waals surface area contributed by atoms with Crippen LogP contribution < -0.4 is 20.3 Å². The summed E-state index contributed by atoms with van der Waals surface area (Å²) in [6, 6.07) is 0.204. The first-order valence-corrected chi connectivity index (χ1v) is 10.2. The zero-order valence-corrected chi connectivity index (χ0v) is 18.0. The number of imidazole rings is 1. The summed E-state index contributed by atoms with van der Waals surface area (Å²) in [6.07, 6.45) is 4.77. The molecule has 0 bridgehead atoms. The van der Waals surface area contributed by atoms with Crippen molar-refractivity contribution in [3.8, 4) is 5.88 Å². The summed E-state index contributed by atoms with van der Waals surface area (Å²) in [5.41, 5.74) is 1.72. The van der Waals surface area contributed by atoms with Crippen LogP contribution in [0.3, 0.4) is 0 Å². The van der Waals surface area contributed by atoms with Crippen LogP contribution in [0.25, 0.3) is 5.65 Å². The summed E-state index contributed by atoms with van der Waals surface area (Å²) in [4.78, 5) is 42.9. The van der Waals surface area contributed by atoms with E-state index in [1.807, 2.05) is 6.92 Å². The van der Waals surface area contributed by atoms with E-state index in [9.17, 15) is 14.7 Å². The Morgan fingerprint density at radius 2 is 1.97 bits per heavy atom. The van der Waals surface area contributed by atoms with Crippen molar-refractivity contribution >= 4 is 29.4 Å². The number of carbonyl (C=O) groups excluding carboxylic acids is 1. The van der Waals surface area contributed by atoms with Gasteiger partial charge in [0.15, 0.2) is 11.5 Å². The number of rotatable bonds is 5. The number of anilines is 2. The van der Waals surface area contributed by atoms with Crippen molar-refractivity contribution in [1.29, 1.82) is 0 Å². The fourth-order valence-electron chi connectivity index (χ4n) is 3.66. The molecule has 3 N–H and O–H groups in total. The van der Waals surface area contributed by atoms with Gasteiger partial charge in [-0.15, -0.1) is 0 Å². The van der Waals surface area contributed by atoms with E-state index in [0.29, 0.717) is 22.2 Å². The van der Waals surface area contributed by atoms with Crippen molar-refractivity contribution in [2.45, 2.75) is 32.7 Å². The molecule has 0 atom stereocenters. The van der Waals surface area contributed by atoms with Crippen molar-refractivity contribution in [3.05, 3.63) is 35.5 Å². The predicted molar refractivity (Wildman–Crippen MR) is 115 cm³/mol. The minimum Gasteiger partial charge on any atom is -0.480 e. The number of amides is 2. The first kappa shape index (κ1) is 21.4. The maximum atomic E-state index is 13.2. The minimum atomic E-state index is -1.49. The molecule has 4 heterocycles. The summed E-state index contributed by atoms with van der Waals surface area (Å²) in [6.45, 7) is 5.30. The number of hydrogen-bond donors (Lipinski definition) is 3. The summed E-state index contributed by atoms with van der Waals surface area (Å²) in [5, 5.41) is 16.3. The van der Waals surface area contributed by atoms with Crippen LogP contribution in [0, 0.1) is 13.8 Å². The lowest BCUT2D eigenvalue weighted by atomic mass is 10.1. The Balaban J connectivity index is 1.66. The number of piperidine rings is 1. The van der Waals surface area contributed by atoms with Gasteiger partial charge >= 0.3 is 6.09 Å². The number of carboxylic acid groups (broad SMARTS) is 1. The number of methoxy groups -OCH3 is 1. The van der Waals surface area contributed by atoms with Crippen LogP contribution in [0.15, 0.2) is 18.6 Å². The van der Waals surface area contributed by atoms with Crippen molar-refractivity contribution in [2.24, 2.45) is 0 Å². The third kappa shape index (κ3) is 4.17. The third-order valence-electron chi connectivity index (χ3n) is 5.19. The maximum absolute atomic E-state index is 13.2. The number of nitrogens with one attached hydrogen (secondary N) is 2. The average molecular weight is 440 g/mol. The molecule has 32 heavy (non-hydrogen) atoms. The van der Waals surface area contributed by atoms with Crippen LogP contribution in [0.1, 0.15) is 34.6 Å². The Hall–Kier alpha value is -3.80. The zero-order valence-electron chi connectivity index (χ0n) is 18.0. The van der Waals surface area contributed by atoms with Gasteiger partial charge in [0.2, 0.25) is 11.8 Å². The fraction of sp³-hybridized carbons (Fsp3) is 0.400. The highest BCUT2D eigenvalue weighted by Gasteiger charge is 2.30. The second kappa shape index (κ2) is 8.75. The maximum Gasteiger partial charge on any atom is 0.420 e. The van der Waals surface area contributed by atoms with Gasteiger partial charge < -0.3 is 24.9 Å². The van der Waals surface area contributed by atoms with Crippen LogP contribution in [0.4, 0.5) is 16.6 Å². The Morgan fingerprint density at radius 1 is 1.22 bits per heavy atom. The van der Waals surface area contributed by atoms with Gasteiger partial charge in [-0.1, -0.05) is 0 Å². The molecule has 0 aliphatic carbocycles. The third-order valence-corrected chi connectivity index (χ3v) is 5.19. The van der Waals surface area contributed by atoms with Crippen LogP contribution in [0.5, 0.6) is 5.88 Å². The first-order chi connectivity index (χ1) is 15.4. The van der Waals surface area contributed by atoms with Crippen molar-refractivity contribution in [3.63, 3.8) is 0 Å². The molecule has 12 heteroatoms. The molecule has 0 unspecified atom stereocenters. The molecule has 1 aliphatic heterocycles. The van der Waals surface area contributed by atoms with Crippen LogP contribution in [-0.4, -0.2) is 67.7 Å². The SMILES string of the molecule is COc1nc(NC2CCNCC2)ncc1C(=O)N(C(=O)O)c1cn2cc(C)nc2c(C)n1. The van der Waals surface area contributed by atoms with E-state index in [-0.39, 0.29) is 23.3 Å². The van der Waals surface area contributed by atoms with Crippen LogP contribution in [0.2, 0.25) is 0 Å². The van der Waals surface area contributed by atoms with Gasteiger partial charge in [-0.3, -0.25) is 4.79 Å². The molecule has 0 spiro atoms. The molecular weight excluding hydrogens is 416 g/mol. The minimum absolute atomic E-state index is 0.0241. The van der Waals surface area contributed by atoms with Gasteiger partial charge in [-0.05, 0) is 39.8 Å². The van der Waals surface area contributed by atoms with Crippen molar-refractivity contribution < 1.29 is 19.4 Å². The highest BCUT2D eigenvalue weighted by atomic mass is 16.5. The number of ether oxygens (including phenoxy) is 1. The van der Waals surface area contributed by atoms with Gasteiger partial charge in [-0.2, -0.15) is 9.88 Å². The number of aryl methyl sites for hydroxylation is 2. The van der Waals surface area contributed by atoms with E-state index < -0.39 is 12.0 Å². The second-order valence-corrected chi connectivity index (χ2v) is 7.51. The molecule has 3 aromatic rings. The summed E-state index contributed by atoms with van der Waals surface area (Å²) in [5.74, 6) is -0.643. The van der Waals surface area contributed by atoms with Gasteiger partial charge in [-0.25, -0.2) is 19.7 Å². The van der Waals surface area contributed by atoms with E-state index in [1.54, 1.807) is 17.5 Å². The number of fused-ring (bicyclic) bond motifs is 1. The highest BCUT2D eigenvalue weighted by Crippen LogP contribution is 2.23. The summed E-state index contributed by atoms with van der Waals surface area (Å²) < 4.78 is 6.91. The van der Waals surface area contributed by atoms with Crippen molar-refractivity contribution in [1.82, 2.24) is 29.7 Å². The van der Waals surface area contributed by atoms with E-state index in [4.69, 9.17) is 4.74 Å². The fourth-order valence-corrected chi connectivity index (χ4v) is 3.66. The molecule has 2 amide bonds. The largest absolute Gasteiger partial charge is 0.480 e. The van der Waals surface area contributed by atoms with Crippen molar-refractivity contribution in [2.75, 3.05) is 30.4 Å². The monoisotopic (exact) mass is 440 g/mol. The molecule has 168 valence electrons. The highest BCUT2D eigenvalue weighted by molar-refractivity contribution is 6.19. The molecule has 0 radical (unpaired) electrons. The number of carbonyl (C=O) groups is 2. The Morgan fingerprint density at radius 3 is 2.66 bits per heavy atom. The molecule has 0 aromatic carbocycles. The van der Waals surface area contributed by atoms with E-state index in [1.165, 1.54) is 19.5 Å². The number of nitrogens with zero attached hydrogens (tertiary/aromatic N) is 6. The lowest BCUT2D eigenvalue weighted by Crippen LogP contribution is -2.37. The molecular formula is C20H24N8O4. The Labute approximate surface area is 183 Å². The quantitative estimate of drug-likeness (QED) is 0.535. The van der Waals surface area contributed by atoms with Gasteiger partial charge in [0.25, 0.3) is 5.91 Å². The Bertz CT molecular complexity index is 1170. The summed E-state index contributed by atoms with van der Waals surface area (Å²) in [7, 11) is 1.36. The topological polar surface area (TPSA) is 147 Å². The lowest BCUT2D eigenvalue weighted by molar-refractivity contribution is 0.0978. The average Bonchev–Trinajstić information content (AvgIpc) is 3.15.